The molecule has 0 aromatic heterocycles. The van der Waals surface area contributed by atoms with E-state index in [1.54, 1.807) is 4.90 Å². The van der Waals surface area contributed by atoms with E-state index in [4.69, 9.17) is 15.2 Å². The largest absolute Gasteiger partial charge is 0.444 e. The van der Waals surface area contributed by atoms with Gasteiger partial charge in [0.2, 0.25) is 0 Å². The number of ether oxygens (including phenoxy) is 2. The molecule has 29 heavy (non-hydrogen) atoms. The molecule has 6 heteroatoms. The second kappa shape index (κ2) is 8.92. The first kappa shape index (κ1) is 23.5. The van der Waals surface area contributed by atoms with Gasteiger partial charge >= 0.3 is 6.09 Å². The van der Waals surface area contributed by atoms with Crippen molar-refractivity contribution in [3.8, 4) is 0 Å². The maximum Gasteiger partial charge on any atom is 0.412 e. The molecule has 0 aliphatic carbocycles. The first-order chi connectivity index (χ1) is 13.4. The van der Waals surface area contributed by atoms with Crippen LogP contribution in [0.2, 0.25) is 0 Å². The van der Waals surface area contributed by atoms with Crippen LogP contribution in [0.15, 0.2) is 24.3 Å². The molecule has 0 spiro atoms. The van der Waals surface area contributed by atoms with Gasteiger partial charge in [0.15, 0.2) is 0 Å². The van der Waals surface area contributed by atoms with E-state index >= 15 is 0 Å². The Balaban J connectivity index is 2.18. The zero-order valence-electron chi connectivity index (χ0n) is 19.4. The molecule has 1 heterocycles. The van der Waals surface area contributed by atoms with Crippen molar-refractivity contribution >= 4 is 11.8 Å². The highest BCUT2D eigenvalue weighted by Gasteiger charge is 2.52. The fourth-order valence-electron chi connectivity index (χ4n) is 4.26. The lowest BCUT2D eigenvalue weighted by Gasteiger charge is -2.40. The molecule has 164 valence electrons. The van der Waals surface area contributed by atoms with E-state index in [1.165, 1.54) is 5.56 Å². The monoisotopic (exact) mass is 405 g/mol. The lowest BCUT2D eigenvalue weighted by Crippen LogP contribution is -2.57. The van der Waals surface area contributed by atoms with Crippen LogP contribution in [-0.2, 0) is 15.9 Å². The Labute approximate surface area is 176 Å². The molecule has 1 aliphatic rings. The lowest BCUT2D eigenvalue weighted by atomic mass is 9.97. The predicted octanol–water partition coefficient (Wildman–Crippen LogP) is 4.28. The third-order valence-electron chi connectivity index (χ3n) is 5.54. The zero-order chi connectivity index (χ0) is 22.0. The second-order valence-electron chi connectivity index (χ2n) is 9.56. The quantitative estimate of drug-likeness (QED) is 0.716. The minimum Gasteiger partial charge on any atom is -0.444 e. The average Bonchev–Trinajstić information content (AvgIpc) is 2.82. The molecule has 1 aromatic carbocycles. The van der Waals surface area contributed by atoms with E-state index in [1.807, 2.05) is 53.7 Å². The van der Waals surface area contributed by atoms with E-state index in [-0.39, 0.29) is 24.3 Å². The van der Waals surface area contributed by atoms with E-state index in [9.17, 15) is 4.79 Å². The number of nitrogens with zero attached hydrogens (tertiary/aromatic N) is 2. The Morgan fingerprint density at radius 2 is 1.90 bits per heavy atom. The minimum absolute atomic E-state index is 0.0820. The van der Waals surface area contributed by atoms with Gasteiger partial charge in [0, 0.05) is 18.3 Å². The van der Waals surface area contributed by atoms with Crippen molar-refractivity contribution in [2.24, 2.45) is 0 Å². The SMILES string of the molecule is CCC([C@H]1[C@H](C)OC(C)(C)N1C(=O)OC(C)(C)C)N(C)CCc1ccc(N)cc1. The lowest BCUT2D eigenvalue weighted by molar-refractivity contribution is -0.0766. The van der Waals surface area contributed by atoms with Crippen LogP contribution in [0, 0.1) is 0 Å². The molecule has 0 radical (unpaired) electrons. The van der Waals surface area contributed by atoms with Gasteiger partial charge in [-0.05, 0) is 79.1 Å². The van der Waals surface area contributed by atoms with Crippen molar-refractivity contribution in [3.63, 3.8) is 0 Å². The molecule has 2 N–H and O–H groups in total. The van der Waals surface area contributed by atoms with Crippen molar-refractivity contribution in [1.82, 2.24) is 9.80 Å². The van der Waals surface area contributed by atoms with Gasteiger partial charge in [0.1, 0.15) is 11.3 Å². The predicted molar refractivity (Wildman–Crippen MR) is 118 cm³/mol. The van der Waals surface area contributed by atoms with Crippen LogP contribution in [0.25, 0.3) is 0 Å². The van der Waals surface area contributed by atoms with Crippen molar-refractivity contribution in [3.05, 3.63) is 29.8 Å². The third-order valence-corrected chi connectivity index (χ3v) is 5.54. The van der Waals surface area contributed by atoms with E-state index < -0.39 is 11.3 Å². The van der Waals surface area contributed by atoms with Crippen LogP contribution in [-0.4, -0.2) is 59.0 Å². The van der Waals surface area contributed by atoms with Crippen LogP contribution < -0.4 is 5.73 Å². The van der Waals surface area contributed by atoms with Crippen molar-refractivity contribution < 1.29 is 14.3 Å². The van der Waals surface area contributed by atoms with E-state index in [0.29, 0.717) is 0 Å². The van der Waals surface area contributed by atoms with Crippen LogP contribution in [0.1, 0.15) is 60.5 Å². The molecule has 6 nitrogen and oxygen atoms in total. The number of rotatable bonds is 6. The van der Waals surface area contributed by atoms with Crippen LogP contribution in [0.5, 0.6) is 0 Å². The zero-order valence-corrected chi connectivity index (χ0v) is 19.4. The minimum atomic E-state index is -0.711. The molecular formula is C23H39N3O3. The smallest absolute Gasteiger partial charge is 0.412 e. The number of amides is 1. The van der Waals surface area contributed by atoms with Gasteiger partial charge in [0.05, 0.1) is 12.1 Å². The Morgan fingerprint density at radius 3 is 2.41 bits per heavy atom. The molecular weight excluding hydrogens is 366 g/mol. The van der Waals surface area contributed by atoms with Crippen molar-refractivity contribution in [2.75, 3.05) is 19.3 Å². The number of nitrogens with two attached hydrogens (primary N) is 1. The molecule has 0 bridgehead atoms. The number of nitrogen functional groups attached to an aromatic ring is 1. The fourth-order valence-corrected chi connectivity index (χ4v) is 4.26. The summed E-state index contributed by atoms with van der Waals surface area (Å²) in [4.78, 5) is 17.2. The number of likely N-dealkylation sites (N-methyl/N-ethyl adjacent to an activating group) is 1. The highest BCUT2D eigenvalue weighted by atomic mass is 16.6. The van der Waals surface area contributed by atoms with Gasteiger partial charge in [-0.3, -0.25) is 4.90 Å². The summed E-state index contributed by atoms with van der Waals surface area (Å²) >= 11 is 0. The van der Waals surface area contributed by atoms with Crippen molar-refractivity contribution in [2.45, 2.75) is 90.8 Å². The fraction of sp³-hybridized carbons (Fsp3) is 0.696. The van der Waals surface area contributed by atoms with Gasteiger partial charge in [-0.1, -0.05) is 19.1 Å². The summed E-state index contributed by atoms with van der Waals surface area (Å²) in [6.07, 6.45) is 1.43. The summed E-state index contributed by atoms with van der Waals surface area (Å²) in [6.45, 7) is 14.6. The first-order valence-electron chi connectivity index (χ1n) is 10.6. The Hall–Kier alpha value is -1.79. The first-order valence-corrected chi connectivity index (χ1v) is 10.6. The van der Waals surface area contributed by atoms with Gasteiger partial charge in [-0.25, -0.2) is 4.79 Å². The Morgan fingerprint density at radius 1 is 1.31 bits per heavy atom. The molecule has 1 aromatic rings. The van der Waals surface area contributed by atoms with Gasteiger partial charge < -0.3 is 20.1 Å². The molecule has 1 aliphatic heterocycles. The third kappa shape index (κ3) is 5.86. The summed E-state index contributed by atoms with van der Waals surface area (Å²) in [6, 6.07) is 8.09. The highest BCUT2D eigenvalue weighted by Crippen LogP contribution is 2.37. The normalized spacial score (nSPS) is 22.7. The molecule has 0 saturated carbocycles. The number of benzene rings is 1. The second-order valence-corrected chi connectivity index (χ2v) is 9.56. The van der Waals surface area contributed by atoms with Crippen LogP contribution in [0.4, 0.5) is 10.5 Å². The van der Waals surface area contributed by atoms with Crippen LogP contribution in [0.3, 0.4) is 0 Å². The maximum absolute atomic E-state index is 13.1. The number of hydrogen-bond acceptors (Lipinski definition) is 5. The number of carbonyl (C=O) groups is 1. The summed E-state index contributed by atoms with van der Waals surface area (Å²) in [5.41, 5.74) is 6.56. The molecule has 1 unspecified atom stereocenters. The van der Waals surface area contributed by atoms with Gasteiger partial charge in [-0.2, -0.15) is 0 Å². The molecule has 3 atom stereocenters. The van der Waals surface area contributed by atoms with E-state index in [2.05, 4.69) is 31.0 Å². The summed E-state index contributed by atoms with van der Waals surface area (Å²) < 4.78 is 11.9. The highest BCUT2D eigenvalue weighted by molar-refractivity contribution is 5.70. The molecule has 1 fully saturated rings. The molecule has 1 amide bonds. The maximum atomic E-state index is 13.1. The Bertz CT molecular complexity index is 682. The average molecular weight is 406 g/mol. The summed E-state index contributed by atoms with van der Waals surface area (Å²) in [5.74, 6) is 0. The van der Waals surface area contributed by atoms with Gasteiger partial charge in [0.25, 0.3) is 0 Å². The van der Waals surface area contributed by atoms with Gasteiger partial charge in [-0.15, -0.1) is 0 Å². The van der Waals surface area contributed by atoms with E-state index in [0.717, 1.165) is 25.1 Å². The van der Waals surface area contributed by atoms with Crippen molar-refractivity contribution in [1.29, 1.82) is 0 Å². The topological polar surface area (TPSA) is 68.0 Å². The number of anilines is 1. The summed E-state index contributed by atoms with van der Waals surface area (Å²) in [5, 5.41) is 0. The number of hydrogen-bond donors (Lipinski definition) is 1. The molecule has 2 rings (SSSR count). The standard InChI is InChI=1S/C23H39N3O3/c1-9-19(25(8)15-14-17-10-12-18(24)13-11-17)20-16(2)28-23(6,7)26(20)21(27)29-22(3,4)5/h10-13,16,19-20H,9,14-15,24H2,1-8H3/t16-,19?,20+/m0/s1. The molecule has 1 saturated heterocycles. The number of carbonyl (C=O) groups excluding carboxylic acids is 1. The Kier molecular flexibility index (Phi) is 7.23. The van der Waals surface area contributed by atoms with Crippen LogP contribution >= 0.6 is 0 Å². The summed E-state index contributed by atoms with van der Waals surface area (Å²) in [7, 11) is 2.12.